The Hall–Kier alpha value is -1.56. The van der Waals surface area contributed by atoms with Gasteiger partial charge in [0.05, 0.1) is 22.7 Å². The van der Waals surface area contributed by atoms with E-state index in [-0.39, 0.29) is 11.4 Å². The Balaban J connectivity index is 2.76. The van der Waals surface area contributed by atoms with Gasteiger partial charge in [0.15, 0.2) is 0 Å². The number of carbonyl (C=O) groups is 1. The molecule has 6 heteroatoms. The molecule has 0 saturated heterocycles. The predicted octanol–water partition coefficient (Wildman–Crippen LogP) is 1.86. The van der Waals surface area contributed by atoms with Gasteiger partial charge in [0.1, 0.15) is 0 Å². The number of hydrogen-bond donors (Lipinski definition) is 0. The van der Waals surface area contributed by atoms with Crippen LogP contribution in [0.1, 0.15) is 0 Å². The minimum atomic E-state index is -0.473. The van der Waals surface area contributed by atoms with Crippen molar-refractivity contribution in [3.05, 3.63) is 34.4 Å². The molecule has 0 aliphatic carbocycles. The lowest BCUT2D eigenvalue weighted by molar-refractivity contribution is -0.387. The van der Waals surface area contributed by atoms with Crippen LogP contribution in [0.15, 0.2) is 29.2 Å². The first-order valence-corrected chi connectivity index (χ1v) is 5.06. The summed E-state index contributed by atoms with van der Waals surface area (Å²) in [6.45, 7) is 0. The van der Waals surface area contributed by atoms with E-state index in [2.05, 4.69) is 4.74 Å². The molecule has 0 radical (unpaired) electrons. The van der Waals surface area contributed by atoms with E-state index in [1.54, 1.807) is 18.2 Å². The maximum atomic E-state index is 10.9. The van der Waals surface area contributed by atoms with Crippen LogP contribution in [0.5, 0.6) is 0 Å². The Morgan fingerprint density at radius 2 is 2.20 bits per heavy atom. The van der Waals surface area contributed by atoms with Crippen LogP contribution >= 0.6 is 11.8 Å². The molecule has 0 atom stereocenters. The molecule has 5 nitrogen and oxygen atoms in total. The largest absolute Gasteiger partial charge is 0.468 e. The molecule has 0 heterocycles. The van der Waals surface area contributed by atoms with Gasteiger partial charge in [0.25, 0.3) is 5.69 Å². The Bertz CT molecular complexity index is 380. The average Bonchev–Trinajstić information content (AvgIpc) is 2.26. The minimum Gasteiger partial charge on any atom is -0.468 e. The van der Waals surface area contributed by atoms with Gasteiger partial charge in [-0.25, -0.2) is 0 Å². The molecule has 0 N–H and O–H groups in total. The molecule has 0 aliphatic heterocycles. The van der Waals surface area contributed by atoms with Gasteiger partial charge in [-0.1, -0.05) is 12.1 Å². The van der Waals surface area contributed by atoms with Gasteiger partial charge in [-0.15, -0.1) is 11.8 Å². The van der Waals surface area contributed by atoms with Gasteiger partial charge >= 0.3 is 5.97 Å². The number of ether oxygens (including phenoxy) is 1. The molecule has 0 saturated carbocycles. The minimum absolute atomic E-state index is 0.00593. The van der Waals surface area contributed by atoms with Crippen LogP contribution in [0.25, 0.3) is 0 Å². The maximum Gasteiger partial charge on any atom is 0.315 e. The Morgan fingerprint density at radius 3 is 2.80 bits per heavy atom. The summed E-state index contributed by atoms with van der Waals surface area (Å²) >= 11 is 1.09. The van der Waals surface area contributed by atoms with Gasteiger partial charge in [0.2, 0.25) is 0 Å². The van der Waals surface area contributed by atoms with Crippen LogP contribution < -0.4 is 0 Å². The van der Waals surface area contributed by atoms with Crippen molar-refractivity contribution >= 4 is 23.4 Å². The zero-order valence-electron chi connectivity index (χ0n) is 8.00. The number of hydrogen-bond acceptors (Lipinski definition) is 5. The lowest BCUT2D eigenvalue weighted by Gasteiger charge is -2.01. The smallest absolute Gasteiger partial charge is 0.315 e. The summed E-state index contributed by atoms with van der Waals surface area (Å²) in [6.07, 6.45) is 0. The molecule has 1 aromatic rings. The number of nitro groups is 1. The SMILES string of the molecule is COC(=O)CSc1ccccc1[N+](=O)[O-]. The number of rotatable bonds is 4. The molecule has 1 aromatic carbocycles. The van der Waals surface area contributed by atoms with Crippen LogP contribution in [-0.4, -0.2) is 23.8 Å². The highest BCUT2D eigenvalue weighted by Crippen LogP contribution is 2.28. The van der Waals surface area contributed by atoms with E-state index in [1.807, 2.05) is 0 Å². The Kier molecular flexibility index (Phi) is 4.11. The first kappa shape index (κ1) is 11.5. The van der Waals surface area contributed by atoms with Crippen molar-refractivity contribution in [3.63, 3.8) is 0 Å². The number of thioether (sulfide) groups is 1. The Labute approximate surface area is 90.6 Å². The highest BCUT2D eigenvalue weighted by atomic mass is 32.2. The van der Waals surface area contributed by atoms with Crippen molar-refractivity contribution in [1.29, 1.82) is 0 Å². The van der Waals surface area contributed by atoms with Crippen molar-refractivity contribution in [2.45, 2.75) is 4.90 Å². The van der Waals surface area contributed by atoms with Gasteiger partial charge in [-0.3, -0.25) is 14.9 Å². The first-order valence-electron chi connectivity index (χ1n) is 4.08. The van der Waals surface area contributed by atoms with Crippen LogP contribution in [0.4, 0.5) is 5.69 Å². The van der Waals surface area contributed by atoms with E-state index in [1.165, 1.54) is 13.2 Å². The number of esters is 1. The summed E-state index contributed by atoms with van der Waals surface area (Å²) in [4.78, 5) is 21.5. The molecule has 80 valence electrons. The summed E-state index contributed by atoms with van der Waals surface area (Å²) in [5, 5.41) is 10.6. The molecule has 0 aromatic heterocycles. The summed E-state index contributed by atoms with van der Waals surface area (Å²) in [7, 11) is 1.28. The van der Waals surface area contributed by atoms with E-state index in [4.69, 9.17) is 0 Å². The molecule has 0 amide bonds. The van der Waals surface area contributed by atoms with E-state index < -0.39 is 10.9 Å². The zero-order chi connectivity index (χ0) is 11.3. The van der Waals surface area contributed by atoms with Crippen LogP contribution in [-0.2, 0) is 9.53 Å². The molecule has 0 fully saturated rings. The quantitative estimate of drug-likeness (QED) is 0.340. The highest BCUT2D eigenvalue weighted by Gasteiger charge is 2.13. The molecule has 15 heavy (non-hydrogen) atoms. The number of nitrogens with zero attached hydrogens (tertiary/aromatic N) is 1. The van der Waals surface area contributed by atoms with Gasteiger partial charge < -0.3 is 4.74 Å². The van der Waals surface area contributed by atoms with Crippen molar-refractivity contribution < 1.29 is 14.5 Å². The lowest BCUT2D eigenvalue weighted by Crippen LogP contribution is -2.03. The van der Waals surface area contributed by atoms with Gasteiger partial charge in [0, 0.05) is 6.07 Å². The van der Waals surface area contributed by atoms with E-state index >= 15 is 0 Å². The zero-order valence-corrected chi connectivity index (χ0v) is 8.82. The van der Waals surface area contributed by atoms with Crippen molar-refractivity contribution in [1.82, 2.24) is 0 Å². The van der Waals surface area contributed by atoms with Crippen LogP contribution in [0, 0.1) is 10.1 Å². The molecule has 0 aliphatic rings. The van der Waals surface area contributed by atoms with E-state index in [0.29, 0.717) is 4.90 Å². The first-order chi connectivity index (χ1) is 7.15. The molecule has 1 rings (SSSR count). The summed E-state index contributed by atoms with van der Waals surface area (Å²) in [6, 6.07) is 6.28. The standard InChI is InChI=1S/C9H9NO4S/c1-14-9(11)6-15-8-5-3-2-4-7(8)10(12)13/h2-5H,6H2,1H3. The maximum absolute atomic E-state index is 10.9. The fraction of sp³-hybridized carbons (Fsp3) is 0.222. The third-order valence-electron chi connectivity index (χ3n) is 1.64. The number of carbonyl (C=O) groups excluding carboxylic acids is 1. The summed E-state index contributed by atoms with van der Waals surface area (Å²) in [5.74, 6) is -0.334. The molecule has 0 unspecified atom stereocenters. The fourth-order valence-corrected chi connectivity index (χ4v) is 1.78. The lowest BCUT2D eigenvalue weighted by atomic mass is 10.3. The van der Waals surface area contributed by atoms with Gasteiger partial charge in [-0.2, -0.15) is 0 Å². The molecule has 0 bridgehead atoms. The molecule has 0 spiro atoms. The Morgan fingerprint density at radius 1 is 1.53 bits per heavy atom. The second kappa shape index (κ2) is 5.35. The van der Waals surface area contributed by atoms with Crippen molar-refractivity contribution in [2.24, 2.45) is 0 Å². The normalized spacial score (nSPS) is 9.67. The number of para-hydroxylation sites is 1. The third-order valence-corrected chi connectivity index (χ3v) is 2.67. The number of benzene rings is 1. The summed E-state index contributed by atoms with van der Waals surface area (Å²) < 4.78 is 4.44. The second-order valence-corrected chi connectivity index (χ2v) is 3.61. The topological polar surface area (TPSA) is 69.4 Å². The fourth-order valence-electron chi connectivity index (χ4n) is 0.926. The van der Waals surface area contributed by atoms with E-state index in [0.717, 1.165) is 11.8 Å². The molecular weight excluding hydrogens is 218 g/mol. The van der Waals surface area contributed by atoms with Crippen molar-refractivity contribution in [2.75, 3.05) is 12.9 Å². The van der Waals surface area contributed by atoms with Crippen LogP contribution in [0.2, 0.25) is 0 Å². The van der Waals surface area contributed by atoms with E-state index in [9.17, 15) is 14.9 Å². The van der Waals surface area contributed by atoms with Crippen LogP contribution in [0.3, 0.4) is 0 Å². The van der Waals surface area contributed by atoms with Crippen molar-refractivity contribution in [3.8, 4) is 0 Å². The number of methoxy groups -OCH3 is 1. The summed E-state index contributed by atoms with van der Waals surface area (Å²) in [5.41, 5.74) is 0.00593. The molecular formula is C9H9NO4S. The van der Waals surface area contributed by atoms with Gasteiger partial charge in [-0.05, 0) is 6.07 Å². The predicted molar refractivity (Wildman–Crippen MR) is 55.8 cm³/mol. The average molecular weight is 227 g/mol. The number of nitro benzene ring substituents is 1. The second-order valence-electron chi connectivity index (χ2n) is 2.59. The monoisotopic (exact) mass is 227 g/mol. The highest BCUT2D eigenvalue weighted by molar-refractivity contribution is 8.00. The third kappa shape index (κ3) is 3.25.